The zero-order valence-corrected chi connectivity index (χ0v) is 17.2. The molecule has 3 rings (SSSR count). The minimum atomic E-state index is -0.194. The predicted molar refractivity (Wildman–Crippen MR) is 111 cm³/mol. The van der Waals surface area contributed by atoms with Crippen molar-refractivity contribution in [2.24, 2.45) is 4.99 Å². The second-order valence-corrected chi connectivity index (χ2v) is 7.90. The number of aliphatic imine (C=N–C) groups is 1. The molecule has 0 radical (unpaired) electrons. The van der Waals surface area contributed by atoms with Gasteiger partial charge >= 0.3 is 0 Å². The molecule has 0 bridgehead atoms. The number of unbranched alkanes of at least 4 members (excludes halogenated alkanes) is 1. The summed E-state index contributed by atoms with van der Waals surface area (Å²) in [6.07, 6.45) is 1.56. The zero-order chi connectivity index (χ0) is 20.1. The average Bonchev–Trinajstić information content (AvgIpc) is 3.15. The largest absolute Gasteiger partial charge is 0.356 e. The molecule has 0 spiro atoms. The van der Waals surface area contributed by atoms with Crippen LogP contribution in [-0.4, -0.2) is 47.8 Å². The fourth-order valence-electron chi connectivity index (χ4n) is 3.04. The van der Waals surface area contributed by atoms with Gasteiger partial charge in [-0.2, -0.15) is 0 Å². The van der Waals surface area contributed by atoms with Crippen molar-refractivity contribution in [1.29, 1.82) is 0 Å². The number of nitrogens with zero attached hydrogens (tertiary/aromatic N) is 3. The number of nitrogens with one attached hydrogen (secondary N) is 2. The summed E-state index contributed by atoms with van der Waals surface area (Å²) in [6.45, 7) is 5.85. The number of guanidine groups is 1. The number of hydrogen-bond donors (Lipinski definition) is 2. The van der Waals surface area contributed by atoms with Gasteiger partial charge in [-0.1, -0.05) is 12.1 Å². The van der Waals surface area contributed by atoms with E-state index >= 15 is 0 Å². The first-order valence-electron chi connectivity index (χ1n) is 9.34. The van der Waals surface area contributed by atoms with Gasteiger partial charge in [-0.3, -0.25) is 19.5 Å². The molecule has 28 heavy (non-hydrogen) atoms. The van der Waals surface area contributed by atoms with Gasteiger partial charge in [0.15, 0.2) is 5.96 Å². The van der Waals surface area contributed by atoms with Crippen molar-refractivity contribution >= 4 is 29.1 Å². The van der Waals surface area contributed by atoms with Gasteiger partial charge in [-0.15, -0.1) is 11.3 Å². The molecule has 0 fully saturated rings. The third kappa shape index (κ3) is 4.39. The third-order valence-electron chi connectivity index (χ3n) is 4.68. The number of rotatable bonds is 7. The van der Waals surface area contributed by atoms with Crippen LogP contribution in [0.15, 0.2) is 29.3 Å². The Bertz CT molecular complexity index is 851. The Balaban J connectivity index is 1.38. The first kappa shape index (κ1) is 20.0. The van der Waals surface area contributed by atoms with Gasteiger partial charge in [0.05, 0.1) is 23.4 Å². The molecule has 1 aliphatic rings. The summed E-state index contributed by atoms with van der Waals surface area (Å²) in [6, 6.07) is 6.98. The highest BCUT2D eigenvalue weighted by Gasteiger charge is 2.34. The van der Waals surface area contributed by atoms with Crippen molar-refractivity contribution in [2.75, 3.05) is 20.1 Å². The van der Waals surface area contributed by atoms with E-state index in [1.54, 1.807) is 42.6 Å². The summed E-state index contributed by atoms with van der Waals surface area (Å²) in [5, 5.41) is 7.54. The van der Waals surface area contributed by atoms with Crippen LogP contribution in [0.1, 0.15) is 49.1 Å². The number of aryl methyl sites for hydroxylation is 2. The molecular formula is C20H25N5O2S. The third-order valence-corrected chi connectivity index (χ3v) is 5.76. The van der Waals surface area contributed by atoms with E-state index in [4.69, 9.17) is 0 Å². The molecule has 8 heteroatoms. The first-order chi connectivity index (χ1) is 13.5. The Morgan fingerprint density at radius 1 is 1.11 bits per heavy atom. The van der Waals surface area contributed by atoms with E-state index in [2.05, 4.69) is 27.5 Å². The Kier molecular flexibility index (Phi) is 6.41. The molecule has 1 aliphatic heterocycles. The molecule has 1 aromatic carbocycles. The number of carbonyl (C=O) groups is 2. The highest BCUT2D eigenvalue weighted by molar-refractivity contribution is 7.11. The maximum atomic E-state index is 12.3. The number of fused-ring (bicyclic) bond motifs is 1. The second-order valence-electron chi connectivity index (χ2n) is 6.62. The van der Waals surface area contributed by atoms with E-state index in [0.29, 0.717) is 36.7 Å². The smallest absolute Gasteiger partial charge is 0.261 e. The van der Waals surface area contributed by atoms with Crippen LogP contribution < -0.4 is 10.6 Å². The summed E-state index contributed by atoms with van der Waals surface area (Å²) in [7, 11) is 1.73. The molecule has 2 aromatic rings. The molecule has 1 aromatic heterocycles. The molecule has 0 aliphatic carbocycles. The number of benzene rings is 1. The van der Waals surface area contributed by atoms with Gasteiger partial charge in [-0.25, -0.2) is 4.98 Å². The van der Waals surface area contributed by atoms with Crippen LogP contribution in [0.3, 0.4) is 0 Å². The van der Waals surface area contributed by atoms with Crippen molar-refractivity contribution in [3.05, 3.63) is 51.0 Å². The molecule has 2 heterocycles. The van der Waals surface area contributed by atoms with Crippen molar-refractivity contribution in [1.82, 2.24) is 20.5 Å². The molecular weight excluding hydrogens is 374 g/mol. The maximum absolute atomic E-state index is 12.3. The Labute approximate surface area is 168 Å². The standard InChI is InChI=1S/C20H25N5O2S/c1-13-14(2)28-17(24-13)12-23-20(21-3)22-10-6-7-11-25-18(26)15-8-4-5-9-16(15)19(25)27/h4-5,8-9H,6-7,10-12H2,1-3H3,(H2,21,22,23). The quantitative estimate of drug-likeness (QED) is 0.323. The van der Waals surface area contributed by atoms with Gasteiger partial charge in [0, 0.05) is 25.0 Å². The Morgan fingerprint density at radius 3 is 2.36 bits per heavy atom. The van der Waals surface area contributed by atoms with Crippen molar-refractivity contribution in [3.8, 4) is 0 Å². The lowest BCUT2D eigenvalue weighted by Gasteiger charge is -2.14. The highest BCUT2D eigenvalue weighted by Crippen LogP contribution is 2.22. The number of aromatic nitrogens is 1. The average molecular weight is 400 g/mol. The van der Waals surface area contributed by atoms with Crippen LogP contribution in [0.2, 0.25) is 0 Å². The number of carbonyl (C=O) groups excluding carboxylic acids is 2. The van der Waals surface area contributed by atoms with Crippen LogP contribution in [0, 0.1) is 13.8 Å². The topological polar surface area (TPSA) is 86.7 Å². The van der Waals surface area contributed by atoms with Crippen molar-refractivity contribution in [3.63, 3.8) is 0 Å². The van der Waals surface area contributed by atoms with Crippen LogP contribution in [0.4, 0.5) is 0 Å². The Hall–Kier alpha value is -2.74. The number of thiazole rings is 1. The molecule has 2 N–H and O–H groups in total. The maximum Gasteiger partial charge on any atom is 0.261 e. The van der Waals surface area contributed by atoms with Crippen LogP contribution in [0.5, 0.6) is 0 Å². The van der Waals surface area contributed by atoms with E-state index in [1.165, 1.54) is 9.78 Å². The summed E-state index contributed by atoms with van der Waals surface area (Å²) in [4.78, 5) is 35.9. The fourth-order valence-corrected chi connectivity index (χ4v) is 3.91. The van der Waals surface area contributed by atoms with Gasteiger partial charge < -0.3 is 10.6 Å². The number of hydrogen-bond acceptors (Lipinski definition) is 5. The van der Waals surface area contributed by atoms with Crippen molar-refractivity contribution < 1.29 is 9.59 Å². The highest BCUT2D eigenvalue weighted by atomic mass is 32.1. The van der Waals surface area contributed by atoms with E-state index in [1.807, 2.05) is 6.92 Å². The van der Waals surface area contributed by atoms with Crippen LogP contribution >= 0.6 is 11.3 Å². The van der Waals surface area contributed by atoms with Crippen LogP contribution in [-0.2, 0) is 6.54 Å². The summed E-state index contributed by atoms with van der Waals surface area (Å²) in [5.41, 5.74) is 2.07. The van der Waals surface area contributed by atoms with Gasteiger partial charge in [0.2, 0.25) is 0 Å². The second kappa shape index (κ2) is 8.97. The minimum Gasteiger partial charge on any atom is -0.356 e. The summed E-state index contributed by atoms with van der Waals surface area (Å²) < 4.78 is 0. The van der Waals surface area contributed by atoms with E-state index in [-0.39, 0.29) is 11.8 Å². The molecule has 0 saturated heterocycles. The van der Waals surface area contributed by atoms with Gasteiger partial charge in [-0.05, 0) is 38.8 Å². The molecule has 7 nitrogen and oxygen atoms in total. The van der Waals surface area contributed by atoms with E-state index in [9.17, 15) is 9.59 Å². The van der Waals surface area contributed by atoms with Crippen LogP contribution in [0.25, 0.3) is 0 Å². The molecule has 0 saturated carbocycles. The first-order valence-corrected chi connectivity index (χ1v) is 10.2. The van der Waals surface area contributed by atoms with E-state index < -0.39 is 0 Å². The fraction of sp³-hybridized carbons (Fsp3) is 0.400. The summed E-state index contributed by atoms with van der Waals surface area (Å²) >= 11 is 1.68. The normalized spacial score (nSPS) is 13.8. The van der Waals surface area contributed by atoms with Gasteiger partial charge in [0.25, 0.3) is 11.8 Å². The minimum absolute atomic E-state index is 0.194. The molecule has 0 atom stereocenters. The Morgan fingerprint density at radius 2 is 1.79 bits per heavy atom. The molecule has 2 amide bonds. The predicted octanol–water partition coefficient (Wildman–Crippen LogP) is 2.50. The number of imide groups is 1. The lowest BCUT2D eigenvalue weighted by Crippen LogP contribution is -2.37. The lowest BCUT2D eigenvalue weighted by molar-refractivity contribution is 0.0652. The van der Waals surface area contributed by atoms with E-state index in [0.717, 1.165) is 23.5 Å². The lowest BCUT2D eigenvalue weighted by atomic mass is 10.1. The SMILES string of the molecule is CN=C(NCCCCN1C(=O)c2ccccc2C1=O)NCc1nc(C)c(C)s1. The monoisotopic (exact) mass is 399 g/mol. The zero-order valence-electron chi connectivity index (χ0n) is 16.4. The van der Waals surface area contributed by atoms with Gasteiger partial charge in [0.1, 0.15) is 5.01 Å². The van der Waals surface area contributed by atoms with Crippen molar-refractivity contribution in [2.45, 2.75) is 33.2 Å². The molecule has 0 unspecified atom stereocenters. The molecule has 148 valence electrons. The summed E-state index contributed by atoms with van der Waals surface area (Å²) in [5.74, 6) is 0.325. The number of amides is 2.